The molecule has 0 fully saturated rings. The molecule has 0 spiro atoms. The van der Waals surface area contributed by atoms with Gasteiger partial charge in [-0.05, 0) is 64.9 Å². The summed E-state index contributed by atoms with van der Waals surface area (Å²) in [5.74, 6) is 1.07. The molecule has 4 rings (SSSR count). The molecule has 0 saturated heterocycles. The molecule has 0 atom stereocenters. The summed E-state index contributed by atoms with van der Waals surface area (Å²) in [7, 11) is 1.50. The second kappa shape index (κ2) is 17.6. The average molecular weight is 574 g/mol. The van der Waals surface area contributed by atoms with Gasteiger partial charge in [0.15, 0.2) is 0 Å². The van der Waals surface area contributed by atoms with Crippen LogP contribution in [0.1, 0.15) is 47.5 Å². The molecule has 1 heterocycles. The number of anilines is 1. The number of rotatable bonds is 10. The van der Waals surface area contributed by atoms with Crippen molar-refractivity contribution in [2.24, 2.45) is 11.5 Å². The van der Waals surface area contributed by atoms with Gasteiger partial charge in [-0.25, -0.2) is 4.58 Å². The lowest BCUT2D eigenvalue weighted by atomic mass is 9.93. The molecule has 6 N–H and O–H groups in total. The highest BCUT2D eigenvalue weighted by Gasteiger charge is 2.19. The van der Waals surface area contributed by atoms with Crippen LogP contribution in [0.2, 0.25) is 0 Å². The molecule has 1 aliphatic heterocycles. The lowest BCUT2D eigenvalue weighted by Crippen LogP contribution is -2.29. The van der Waals surface area contributed by atoms with E-state index < -0.39 is 0 Å². The van der Waals surface area contributed by atoms with Crippen LogP contribution in [0, 0.1) is 5.41 Å². The van der Waals surface area contributed by atoms with Crippen molar-refractivity contribution in [2.45, 2.75) is 47.5 Å². The summed E-state index contributed by atoms with van der Waals surface area (Å²) in [6.45, 7) is 14.8. The number of nitrogens with zero attached hydrogens (tertiary/aromatic N) is 2. The molecular formula is C34H49N6O2+. The third kappa shape index (κ3) is 9.17. The summed E-state index contributed by atoms with van der Waals surface area (Å²) in [6, 6.07) is 23.9. The Morgan fingerprint density at radius 2 is 1.62 bits per heavy atom. The molecule has 226 valence electrons. The van der Waals surface area contributed by atoms with E-state index in [4.69, 9.17) is 15.6 Å². The Morgan fingerprint density at radius 3 is 2.19 bits per heavy atom. The molecule has 0 aromatic heterocycles. The van der Waals surface area contributed by atoms with Gasteiger partial charge in [-0.1, -0.05) is 30.3 Å². The third-order valence-electron chi connectivity index (χ3n) is 7.01. The molecule has 2 aliphatic rings. The summed E-state index contributed by atoms with van der Waals surface area (Å²) in [5, 5.41) is 11.8. The smallest absolute Gasteiger partial charge is 0.216 e. The number of fused-ring (bicyclic) bond motifs is 2. The van der Waals surface area contributed by atoms with Gasteiger partial charge in [0.1, 0.15) is 24.4 Å². The Morgan fingerprint density at radius 1 is 0.952 bits per heavy atom. The van der Waals surface area contributed by atoms with Crippen LogP contribution in [0.3, 0.4) is 0 Å². The van der Waals surface area contributed by atoms with Crippen LogP contribution in [0.5, 0.6) is 0 Å². The fourth-order valence-corrected chi connectivity index (χ4v) is 4.90. The molecular weight excluding hydrogens is 524 g/mol. The summed E-state index contributed by atoms with van der Waals surface area (Å²) >= 11 is 0. The predicted molar refractivity (Wildman–Crippen MR) is 178 cm³/mol. The first-order chi connectivity index (χ1) is 20.3. The largest absolute Gasteiger partial charge is 0.456 e. The molecule has 0 saturated carbocycles. The molecule has 0 unspecified atom stereocenters. The van der Waals surface area contributed by atoms with Gasteiger partial charge in [0.2, 0.25) is 11.3 Å². The summed E-state index contributed by atoms with van der Waals surface area (Å²) in [6.07, 6.45) is 1.30. The highest BCUT2D eigenvalue weighted by molar-refractivity contribution is 6.02. The fourth-order valence-electron chi connectivity index (χ4n) is 4.90. The van der Waals surface area contributed by atoms with Crippen LogP contribution in [-0.4, -0.2) is 51.5 Å². The Kier molecular flexibility index (Phi) is 14.3. The Bertz CT molecular complexity index is 1440. The van der Waals surface area contributed by atoms with Crippen molar-refractivity contribution in [1.82, 2.24) is 9.89 Å². The number of amidine groups is 1. The molecule has 1 amide bonds. The highest BCUT2D eigenvalue weighted by atomic mass is 16.3. The van der Waals surface area contributed by atoms with Crippen LogP contribution < -0.4 is 31.6 Å². The Labute approximate surface area is 250 Å². The van der Waals surface area contributed by atoms with E-state index in [1.807, 2.05) is 0 Å². The van der Waals surface area contributed by atoms with E-state index in [1.54, 1.807) is 0 Å². The Balaban J connectivity index is 0.000000438. The molecule has 8 heteroatoms. The van der Waals surface area contributed by atoms with Crippen molar-refractivity contribution in [2.75, 3.05) is 44.7 Å². The molecule has 42 heavy (non-hydrogen) atoms. The van der Waals surface area contributed by atoms with E-state index in [0.717, 1.165) is 54.9 Å². The van der Waals surface area contributed by atoms with Crippen LogP contribution >= 0.6 is 0 Å². The van der Waals surface area contributed by atoms with Crippen LogP contribution in [0.25, 0.3) is 33.4 Å². The topological polar surface area (TPSA) is 124 Å². The first-order valence-electron chi connectivity index (χ1n) is 14.9. The van der Waals surface area contributed by atoms with Crippen LogP contribution in [0.4, 0.5) is 5.69 Å². The normalized spacial score (nSPS) is 10.3. The molecule has 8 nitrogen and oxygen atoms in total. The van der Waals surface area contributed by atoms with Gasteiger partial charge in [-0.15, -0.1) is 0 Å². The van der Waals surface area contributed by atoms with E-state index in [9.17, 15) is 4.79 Å². The molecule has 1 aliphatic carbocycles. The van der Waals surface area contributed by atoms with Crippen LogP contribution in [0.15, 0.2) is 71.1 Å². The van der Waals surface area contributed by atoms with Gasteiger partial charge < -0.3 is 26.1 Å². The number of carbonyl (C=O) groups is 1. The number of amides is 1. The first kappa shape index (κ1) is 34.0. The minimum Gasteiger partial charge on any atom is -0.456 e. The van der Waals surface area contributed by atoms with Crippen molar-refractivity contribution in [1.29, 1.82) is 5.41 Å². The summed E-state index contributed by atoms with van der Waals surface area (Å²) < 4.78 is 8.87. The van der Waals surface area contributed by atoms with Gasteiger partial charge >= 0.3 is 0 Å². The zero-order valence-corrected chi connectivity index (χ0v) is 26.2. The van der Waals surface area contributed by atoms with Gasteiger partial charge in [0, 0.05) is 67.3 Å². The van der Waals surface area contributed by atoms with Gasteiger partial charge in [-0.3, -0.25) is 10.2 Å². The van der Waals surface area contributed by atoms with Crippen LogP contribution in [-0.2, 0) is 4.79 Å². The summed E-state index contributed by atoms with van der Waals surface area (Å²) in [4.78, 5) is 12.6. The van der Waals surface area contributed by atoms with E-state index in [-0.39, 0.29) is 11.7 Å². The molecule has 0 bridgehead atoms. The monoisotopic (exact) mass is 573 g/mol. The Hall–Kier alpha value is -4.17. The quantitative estimate of drug-likeness (QED) is 0.0676. The average Bonchev–Trinajstić information content (AvgIpc) is 3.01. The number of nitrogens with two attached hydrogens (primary N) is 2. The van der Waals surface area contributed by atoms with Crippen molar-refractivity contribution in [3.63, 3.8) is 0 Å². The van der Waals surface area contributed by atoms with Crippen molar-refractivity contribution < 1.29 is 9.21 Å². The zero-order chi connectivity index (χ0) is 31.1. The van der Waals surface area contributed by atoms with Crippen molar-refractivity contribution >= 4 is 28.4 Å². The number of benzene rings is 3. The maximum Gasteiger partial charge on any atom is 0.216 e. The van der Waals surface area contributed by atoms with E-state index >= 15 is 0 Å². The minimum absolute atomic E-state index is 0.0384. The maximum absolute atomic E-state index is 10.3. The predicted octanol–water partition coefficient (Wildman–Crippen LogP) is 5.28. The summed E-state index contributed by atoms with van der Waals surface area (Å²) in [5.41, 5.74) is 15.3. The lowest BCUT2D eigenvalue weighted by molar-refractivity contribution is -0.118. The van der Waals surface area contributed by atoms with Gasteiger partial charge in [0.05, 0.1) is 11.9 Å². The van der Waals surface area contributed by atoms with E-state index in [1.165, 1.54) is 36.1 Å². The fraction of sp³-hybridized carbons (Fsp3) is 0.382. The maximum atomic E-state index is 10.3. The molecule has 2 aromatic rings. The number of nitrogens with one attached hydrogen (secondary N) is 2. The van der Waals surface area contributed by atoms with Crippen molar-refractivity contribution in [3.8, 4) is 22.5 Å². The number of hydrogen-bond acceptors (Lipinski definition) is 5. The van der Waals surface area contributed by atoms with Crippen molar-refractivity contribution in [3.05, 3.63) is 72.1 Å². The van der Waals surface area contributed by atoms with Gasteiger partial charge in [-0.2, -0.15) is 0 Å². The van der Waals surface area contributed by atoms with E-state index in [2.05, 4.69) is 115 Å². The SMILES string of the molecule is CC(=O)NCCCC(=N)N.CCN(CC)c1ccc2c(-c3ccccc3)c3ccc(=[N+](CC)CC)cc-3oc2c1.CN. The third-order valence-corrected chi connectivity index (χ3v) is 7.01. The molecule has 2 aromatic carbocycles. The minimum atomic E-state index is -0.0384. The highest BCUT2D eigenvalue weighted by Crippen LogP contribution is 2.40. The molecule has 0 radical (unpaired) electrons. The zero-order valence-electron chi connectivity index (χ0n) is 26.2. The standard InChI is InChI=1S/C27H31N2O.C6H13N3O.CH5N/c1-5-28(6-2)21-14-16-23-25(18-21)30-26-19-22(29(7-3)8-4)15-17-24(26)27(23)20-12-10-9-11-13-20;1-5(10)9-4-2-3-6(7)8;1-2/h9-19H,5-8H2,1-4H3;2-4H2,1H3,(H3,7,8)(H,9,10);2H2,1H3/q+1;;. The number of hydrogen-bond donors (Lipinski definition) is 4. The second-order valence-electron chi connectivity index (χ2n) is 9.66. The van der Waals surface area contributed by atoms with Gasteiger partial charge in [0.25, 0.3) is 0 Å². The second-order valence-corrected chi connectivity index (χ2v) is 9.66. The van der Waals surface area contributed by atoms with E-state index in [0.29, 0.717) is 13.0 Å². The lowest BCUT2D eigenvalue weighted by Gasteiger charge is -2.22. The number of carbonyl (C=O) groups excluding carboxylic acids is 1. The first-order valence-corrected chi connectivity index (χ1v) is 14.9.